The fourth-order valence-corrected chi connectivity index (χ4v) is 3.82. The average molecular weight is 472 g/mol. The third-order valence-corrected chi connectivity index (χ3v) is 5.64. The summed E-state index contributed by atoms with van der Waals surface area (Å²) in [6.45, 7) is 0.0243. The topological polar surface area (TPSA) is 90.3 Å². The third kappa shape index (κ3) is 6.14. The van der Waals surface area contributed by atoms with Crippen molar-refractivity contribution in [3.63, 3.8) is 0 Å². The van der Waals surface area contributed by atoms with Crippen molar-refractivity contribution >= 4 is 35.2 Å². The quantitative estimate of drug-likeness (QED) is 0.308. The van der Waals surface area contributed by atoms with Gasteiger partial charge in [0.05, 0.1) is 17.1 Å². The Morgan fingerprint density at radius 1 is 0.971 bits per heavy atom. The van der Waals surface area contributed by atoms with E-state index >= 15 is 0 Å². The van der Waals surface area contributed by atoms with Crippen LogP contribution in [0.25, 0.3) is 17.3 Å². The van der Waals surface area contributed by atoms with Crippen molar-refractivity contribution in [3.05, 3.63) is 106 Å². The Balaban J connectivity index is 1.42. The lowest BCUT2D eigenvalue weighted by Gasteiger charge is -2.03. The number of carbonyl (C=O) groups is 3. The summed E-state index contributed by atoms with van der Waals surface area (Å²) in [4.78, 5) is 36.4. The van der Waals surface area contributed by atoms with Gasteiger partial charge in [-0.2, -0.15) is 5.10 Å². The molecule has 0 saturated heterocycles. The van der Waals surface area contributed by atoms with Gasteiger partial charge < -0.3 is 4.74 Å². The van der Waals surface area contributed by atoms with Crippen LogP contribution in [0.2, 0.25) is 0 Å². The lowest BCUT2D eigenvalue weighted by atomic mass is 10.1. The van der Waals surface area contributed by atoms with E-state index in [1.807, 2.05) is 71.5 Å². The van der Waals surface area contributed by atoms with E-state index < -0.39 is 24.4 Å². The third-order valence-electron chi connectivity index (χ3n) is 4.77. The number of esters is 1. The van der Waals surface area contributed by atoms with Crippen molar-refractivity contribution in [2.75, 3.05) is 6.61 Å². The van der Waals surface area contributed by atoms with Crippen LogP contribution >= 0.6 is 11.3 Å². The summed E-state index contributed by atoms with van der Waals surface area (Å²) in [5, 5.41) is 8.62. The summed E-state index contributed by atoms with van der Waals surface area (Å²) in [6.07, 6.45) is 4.70. The maximum Gasteiger partial charge on any atom is 0.331 e. The van der Waals surface area contributed by atoms with Gasteiger partial charge in [0, 0.05) is 23.4 Å². The number of hydrogen-bond donors (Lipinski definition) is 1. The van der Waals surface area contributed by atoms with Crippen molar-refractivity contribution in [1.82, 2.24) is 15.1 Å². The van der Waals surface area contributed by atoms with E-state index in [0.29, 0.717) is 11.4 Å². The molecule has 0 radical (unpaired) electrons. The minimum atomic E-state index is -0.700. The summed E-state index contributed by atoms with van der Waals surface area (Å²) in [5.74, 6) is -1.92. The van der Waals surface area contributed by atoms with Crippen molar-refractivity contribution in [3.8, 4) is 11.3 Å². The van der Waals surface area contributed by atoms with Crippen LogP contribution in [0.1, 0.15) is 20.8 Å². The maximum atomic E-state index is 12.2. The zero-order valence-corrected chi connectivity index (χ0v) is 18.9. The highest BCUT2D eigenvalue weighted by atomic mass is 32.1. The molecule has 2 aromatic heterocycles. The summed E-state index contributed by atoms with van der Waals surface area (Å²) < 4.78 is 6.79. The fourth-order valence-electron chi connectivity index (χ4n) is 3.21. The smallest absolute Gasteiger partial charge is 0.331 e. The molecule has 0 bridgehead atoms. The molecule has 0 fully saturated rings. The van der Waals surface area contributed by atoms with Crippen molar-refractivity contribution in [2.24, 2.45) is 0 Å². The van der Waals surface area contributed by atoms with Crippen LogP contribution in [0, 0.1) is 0 Å². The van der Waals surface area contributed by atoms with Gasteiger partial charge in [-0.3, -0.25) is 19.6 Å². The Hall–Kier alpha value is -4.30. The number of imide groups is 1. The number of amides is 2. The summed E-state index contributed by atoms with van der Waals surface area (Å²) in [7, 11) is 0. The molecule has 0 aliphatic carbocycles. The highest BCUT2D eigenvalue weighted by Gasteiger charge is 2.13. The van der Waals surface area contributed by atoms with Crippen molar-refractivity contribution in [2.45, 2.75) is 6.54 Å². The summed E-state index contributed by atoms with van der Waals surface area (Å²) in [5.41, 5.74) is 3.47. The lowest BCUT2D eigenvalue weighted by Crippen LogP contribution is -2.33. The lowest BCUT2D eigenvalue weighted by molar-refractivity contribution is -0.143. The van der Waals surface area contributed by atoms with Gasteiger partial charge in [-0.05, 0) is 23.1 Å². The number of nitrogens with one attached hydrogen (secondary N) is 1. The number of thiophene rings is 1. The standard InChI is InChI=1S/C26H21N3O4S/c30-23(27-26(32)22-12-7-15-34-22)18-33-24(31)14-13-21-17-29(16-19-8-3-1-4-9-19)28-25(21)20-10-5-2-6-11-20/h1-15,17H,16,18H2,(H,27,30,32)/b14-13+. The molecule has 2 amide bonds. The molecule has 0 unspecified atom stereocenters. The molecule has 170 valence electrons. The number of carbonyl (C=O) groups excluding carboxylic acids is 3. The van der Waals surface area contributed by atoms with Gasteiger partial charge >= 0.3 is 5.97 Å². The van der Waals surface area contributed by atoms with E-state index in [4.69, 9.17) is 9.84 Å². The van der Waals surface area contributed by atoms with E-state index in [1.54, 1.807) is 23.6 Å². The second kappa shape index (κ2) is 11.0. The molecule has 2 aromatic carbocycles. The highest BCUT2D eigenvalue weighted by Crippen LogP contribution is 2.23. The van der Waals surface area contributed by atoms with Crippen molar-refractivity contribution < 1.29 is 19.1 Å². The molecule has 0 saturated carbocycles. The second-order valence-corrected chi connectivity index (χ2v) is 8.23. The predicted molar refractivity (Wildman–Crippen MR) is 130 cm³/mol. The molecule has 0 spiro atoms. The largest absolute Gasteiger partial charge is 0.452 e. The van der Waals surface area contributed by atoms with Crippen molar-refractivity contribution in [1.29, 1.82) is 0 Å². The van der Waals surface area contributed by atoms with Crippen LogP contribution < -0.4 is 5.32 Å². The predicted octanol–water partition coefficient (Wildman–Crippen LogP) is 4.17. The average Bonchev–Trinajstić information content (AvgIpc) is 3.53. The SMILES string of the molecule is O=C(COC(=O)/C=C/c1cn(Cc2ccccc2)nc1-c1ccccc1)NC(=O)c1cccs1. The number of hydrogen-bond acceptors (Lipinski definition) is 6. The fraction of sp³-hybridized carbons (Fsp3) is 0.0769. The Labute approximate surface area is 200 Å². The normalized spacial score (nSPS) is 10.8. The van der Waals surface area contributed by atoms with Crippen LogP contribution in [-0.2, 0) is 20.9 Å². The highest BCUT2D eigenvalue weighted by molar-refractivity contribution is 7.12. The number of ether oxygens (including phenoxy) is 1. The van der Waals surface area contributed by atoms with Gasteiger partial charge in [-0.15, -0.1) is 11.3 Å². The first-order valence-corrected chi connectivity index (χ1v) is 11.4. The molecule has 0 aliphatic heterocycles. The Morgan fingerprint density at radius 3 is 2.41 bits per heavy atom. The van der Waals surface area contributed by atoms with Gasteiger partial charge in [0.25, 0.3) is 11.8 Å². The number of aromatic nitrogens is 2. The van der Waals surface area contributed by atoms with Crippen LogP contribution in [0.5, 0.6) is 0 Å². The van der Waals surface area contributed by atoms with Crippen LogP contribution in [0.15, 0.2) is 90.4 Å². The van der Waals surface area contributed by atoms with Crippen LogP contribution in [-0.4, -0.2) is 34.2 Å². The molecular formula is C26H21N3O4S. The maximum absolute atomic E-state index is 12.2. The first-order chi connectivity index (χ1) is 16.6. The van der Waals surface area contributed by atoms with Crippen LogP contribution in [0.3, 0.4) is 0 Å². The van der Waals surface area contributed by atoms with E-state index in [-0.39, 0.29) is 0 Å². The minimum Gasteiger partial charge on any atom is -0.452 e. The minimum absolute atomic E-state index is 0.403. The molecule has 8 heteroatoms. The van der Waals surface area contributed by atoms with Gasteiger partial charge in [-0.25, -0.2) is 4.79 Å². The van der Waals surface area contributed by atoms with E-state index in [2.05, 4.69) is 5.32 Å². The molecule has 4 rings (SSSR count). The Kier molecular flexibility index (Phi) is 7.42. The van der Waals surface area contributed by atoms with Gasteiger partial charge in [0.15, 0.2) is 6.61 Å². The number of benzene rings is 2. The first kappa shape index (κ1) is 22.9. The van der Waals surface area contributed by atoms with E-state index in [9.17, 15) is 14.4 Å². The van der Waals surface area contributed by atoms with E-state index in [0.717, 1.165) is 22.4 Å². The molecule has 34 heavy (non-hydrogen) atoms. The molecule has 4 aromatic rings. The second-order valence-electron chi connectivity index (χ2n) is 7.28. The Morgan fingerprint density at radius 2 is 1.71 bits per heavy atom. The molecule has 0 atom stereocenters. The molecule has 2 heterocycles. The first-order valence-electron chi connectivity index (χ1n) is 10.5. The summed E-state index contributed by atoms with van der Waals surface area (Å²) in [6, 6.07) is 22.9. The van der Waals surface area contributed by atoms with Gasteiger partial charge in [0.2, 0.25) is 0 Å². The van der Waals surface area contributed by atoms with E-state index in [1.165, 1.54) is 17.4 Å². The number of rotatable bonds is 8. The summed E-state index contributed by atoms with van der Waals surface area (Å²) >= 11 is 1.21. The van der Waals surface area contributed by atoms with Gasteiger partial charge in [-0.1, -0.05) is 66.7 Å². The monoisotopic (exact) mass is 471 g/mol. The molecule has 0 aliphatic rings. The van der Waals surface area contributed by atoms with Crippen LogP contribution in [0.4, 0.5) is 0 Å². The molecular weight excluding hydrogens is 450 g/mol. The molecule has 1 N–H and O–H groups in total. The Bertz CT molecular complexity index is 1300. The molecule has 7 nitrogen and oxygen atoms in total. The van der Waals surface area contributed by atoms with Gasteiger partial charge in [0.1, 0.15) is 0 Å². The zero-order chi connectivity index (χ0) is 23.8. The zero-order valence-electron chi connectivity index (χ0n) is 18.1. The number of nitrogens with zero attached hydrogens (tertiary/aromatic N) is 2.